The topological polar surface area (TPSA) is 53.8 Å². The number of aromatic nitrogens is 2. The maximum Gasteiger partial charge on any atom is 0.0849 e. The van der Waals surface area contributed by atoms with Crippen LogP contribution < -0.4 is 0 Å². The molecule has 0 bridgehead atoms. The van der Waals surface area contributed by atoms with Crippen molar-refractivity contribution in [2.24, 2.45) is 5.41 Å². The lowest BCUT2D eigenvalue weighted by atomic mass is 9.69. The number of piperidine rings is 1. The van der Waals surface area contributed by atoms with Crippen LogP contribution in [0.3, 0.4) is 0 Å². The number of nitrogens with zero attached hydrogens (tertiary/aromatic N) is 4. The molecule has 2 fully saturated rings. The second-order valence-electron chi connectivity index (χ2n) is 8.74. The maximum absolute atomic E-state index is 11.4. The molecule has 0 radical (unpaired) electrons. The predicted molar refractivity (Wildman–Crippen MR) is 103 cm³/mol. The van der Waals surface area contributed by atoms with Crippen LogP contribution in [0.5, 0.6) is 0 Å². The molecule has 3 heterocycles. The van der Waals surface area contributed by atoms with E-state index < -0.39 is 5.60 Å². The van der Waals surface area contributed by atoms with Gasteiger partial charge >= 0.3 is 0 Å². The summed E-state index contributed by atoms with van der Waals surface area (Å²) in [5.74, 6) is 0. The van der Waals surface area contributed by atoms with Gasteiger partial charge in [0.2, 0.25) is 0 Å². The summed E-state index contributed by atoms with van der Waals surface area (Å²) in [6.07, 6.45) is 3.94. The summed E-state index contributed by atoms with van der Waals surface area (Å²) < 4.78 is 7.56. The lowest BCUT2D eigenvalue weighted by Crippen LogP contribution is -2.62. The fourth-order valence-corrected chi connectivity index (χ4v) is 4.34. The number of hydrogen-bond donors (Lipinski definition) is 1. The highest BCUT2D eigenvalue weighted by Crippen LogP contribution is 2.40. The Balaban J connectivity index is 1.62. The monoisotopic (exact) mass is 364 g/mol. The van der Waals surface area contributed by atoms with Gasteiger partial charge in [0.05, 0.1) is 25.0 Å². The molecule has 2 saturated heterocycles. The van der Waals surface area contributed by atoms with E-state index in [-0.39, 0.29) is 5.41 Å². The minimum absolute atomic E-state index is 0.142. The van der Waals surface area contributed by atoms with E-state index in [1.165, 1.54) is 11.3 Å². The van der Waals surface area contributed by atoms with Crippen LogP contribution >= 0.6 is 0 Å². The number of aryl methyl sites for hydroxylation is 1. The molecule has 2 aliphatic heterocycles. The molecule has 26 heavy (non-hydrogen) atoms. The van der Waals surface area contributed by atoms with E-state index in [1.54, 1.807) is 0 Å². The average molecular weight is 365 g/mol. The molecule has 1 aromatic heterocycles. The molecule has 2 aliphatic rings. The molecular formula is C20H36N4O2. The smallest absolute Gasteiger partial charge is 0.0849 e. The summed E-state index contributed by atoms with van der Waals surface area (Å²) in [7, 11) is 0. The quantitative estimate of drug-likeness (QED) is 0.835. The van der Waals surface area contributed by atoms with Crippen molar-refractivity contribution in [1.82, 2.24) is 19.6 Å². The first-order valence-electron chi connectivity index (χ1n) is 10.1. The first-order chi connectivity index (χ1) is 12.3. The van der Waals surface area contributed by atoms with Crippen LogP contribution in [0.15, 0.2) is 6.20 Å². The molecule has 1 N–H and O–H groups in total. The summed E-state index contributed by atoms with van der Waals surface area (Å²) in [5.41, 5.74) is 1.81. The van der Waals surface area contributed by atoms with Crippen LogP contribution in [0.4, 0.5) is 0 Å². The van der Waals surface area contributed by atoms with Crippen molar-refractivity contribution in [3.05, 3.63) is 17.5 Å². The zero-order valence-corrected chi connectivity index (χ0v) is 17.0. The van der Waals surface area contributed by atoms with Gasteiger partial charge in [0, 0.05) is 62.5 Å². The van der Waals surface area contributed by atoms with Gasteiger partial charge in [-0.1, -0.05) is 20.8 Å². The minimum Gasteiger partial charge on any atom is -0.388 e. The van der Waals surface area contributed by atoms with Gasteiger partial charge in [0.25, 0.3) is 0 Å². The highest BCUT2D eigenvalue weighted by atomic mass is 16.5. The summed E-state index contributed by atoms with van der Waals surface area (Å²) in [6.45, 7) is 16.7. The van der Waals surface area contributed by atoms with Crippen LogP contribution in [0.25, 0.3) is 0 Å². The third kappa shape index (κ3) is 4.14. The van der Waals surface area contributed by atoms with E-state index in [0.717, 1.165) is 71.9 Å². The highest BCUT2D eigenvalue weighted by Gasteiger charge is 2.48. The molecule has 0 unspecified atom stereocenters. The molecule has 0 aliphatic carbocycles. The first kappa shape index (κ1) is 19.8. The number of aliphatic hydroxyl groups is 1. The van der Waals surface area contributed by atoms with Crippen molar-refractivity contribution in [1.29, 1.82) is 0 Å². The Morgan fingerprint density at radius 3 is 2.58 bits per heavy atom. The van der Waals surface area contributed by atoms with Gasteiger partial charge in [0.1, 0.15) is 0 Å². The van der Waals surface area contributed by atoms with Crippen LogP contribution in [0.1, 0.15) is 44.9 Å². The van der Waals surface area contributed by atoms with Crippen LogP contribution in [0, 0.1) is 12.3 Å². The van der Waals surface area contributed by atoms with Crippen molar-refractivity contribution in [2.45, 2.75) is 59.2 Å². The lowest BCUT2D eigenvalue weighted by molar-refractivity contribution is -0.140. The summed E-state index contributed by atoms with van der Waals surface area (Å²) in [5, 5.41) is 16.0. The first-order valence-corrected chi connectivity index (χ1v) is 10.1. The van der Waals surface area contributed by atoms with Gasteiger partial charge in [-0.2, -0.15) is 5.10 Å². The lowest BCUT2D eigenvalue weighted by Gasteiger charge is -2.52. The summed E-state index contributed by atoms with van der Waals surface area (Å²) in [6, 6.07) is 0. The standard InChI is InChI=1S/C20H36N4O2/c1-5-7-24-17(2)18(13-21-24)14-23-8-6-20(25,19(3,4)15-23)16-22-9-11-26-12-10-22/h13,25H,5-12,14-16H2,1-4H3/t20-/m0/s1. The number of hydrogen-bond acceptors (Lipinski definition) is 5. The van der Waals surface area contributed by atoms with Crippen LogP contribution in [-0.2, 0) is 17.8 Å². The van der Waals surface area contributed by atoms with Crippen molar-refractivity contribution in [2.75, 3.05) is 45.9 Å². The normalized spacial score (nSPS) is 27.7. The molecule has 0 spiro atoms. The molecule has 6 nitrogen and oxygen atoms in total. The van der Waals surface area contributed by atoms with Gasteiger partial charge in [-0.15, -0.1) is 0 Å². The van der Waals surface area contributed by atoms with E-state index in [2.05, 4.69) is 47.3 Å². The number of rotatable bonds is 6. The van der Waals surface area contributed by atoms with Gasteiger partial charge in [-0.3, -0.25) is 14.5 Å². The molecule has 3 rings (SSSR count). The average Bonchev–Trinajstić information content (AvgIpc) is 2.93. The number of ether oxygens (including phenoxy) is 1. The zero-order valence-electron chi connectivity index (χ0n) is 17.0. The fourth-order valence-electron chi connectivity index (χ4n) is 4.34. The van der Waals surface area contributed by atoms with Gasteiger partial charge in [-0.05, 0) is 19.8 Å². The minimum atomic E-state index is -0.637. The van der Waals surface area contributed by atoms with Crippen molar-refractivity contribution in [3.8, 4) is 0 Å². The molecule has 6 heteroatoms. The third-order valence-corrected chi connectivity index (χ3v) is 6.34. The Morgan fingerprint density at radius 2 is 1.92 bits per heavy atom. The van der Waals surface area contributed by atoms with Crippen molar-refractivity contribution < 1.29 is 9.84 Å². The van der Waals surface area contributed by atoms with Crippen LogP contribution in [-0.4, -0.2) is 76.2 Å². The Kier molecular flexibility index (Phi) is 6.07. The van der Waals surface area contributed by atoms with Crippen LogP contribution in [0.2, 0.25) is 0 Å². The van der Waals surface area contributed by atoms with E-state index in [9.17, 15) is 5.11 Å². The molecule has 0 saturated carbocycles. The van der Waals surface area contributed by atoms with E-state index in [0.29, 0.717) is 0 Å². The second-order valence-corrected chi connectivity index (χ2v) is 8.74. The third-order valence-electron chi connectivity index (χ3n) is 6.34. The number of likely N-dealkylation sites (tertiary alicyclic amines) is 1. The molecule has 0 amide bonds. The molecule has 148 valence electrons. The predicted octanol–water partition coefficient (Wildman–Crippen LogP) is 1.90. The van der Waals surface area contributed by atoms with E-state index >= 15 is 0 Å². The fraction of sp³-hybridized carbons (Fsp3) is 0.850. The van der Waals surface area contributed by atoms with E-state index in [4.69, 9.17) is 4.74 Å². The van der Waals surface area contributed by atoms with Crippen molar-refractivity contribution >= 4 is 0 Å². The van der Waals surface area contributed by atoms with Crippen molar-refractivity contribution in [3.63, 3.8) is 0 Å². The molecular weight excluding hydrogens is 328 g/mol. The zero-order chi connectivity index (χ0) is 18.8. The summed E-state index contributed by atoms with van der Waals surface area (Å²) >= 11 is 0. The maximum atomic E-state index is 11.4. The Hall–Kier alpha value is -0.950. The van der Waals surface area contributed by atoms with E-state index in [1.807, 2.05) is 6.20 Å². The molecule has 1 atom stereocenters. The molecule has 0 aromatic carbocycles. The largest absolute Gasteiger partial charge is 0.388 e. The van der Waals surface area contributed by atoms with Gasteiger partial charge in [0.15, 0.2) is 0 Å². The van der Waals surface area contributed by atoms with Gasteiger partial charge < -0.3 is 9.84 Å². The summed E-state index contributed by atoms with van der Waals surface area (Å²) in [4.78, 5) is 4.84. The number of morpholine rings is 1. The second kappa shape index (κ2) is 7.97. The van der Waals surface area contributed by atoms with Gasteiger partial charge in [-0.25, -0.2) is 0 Å². The molecule has 1 aromatic rings. The highest BCUT2D eigenvalue weighted by molar-refractivity contribution is 5.16. The Morgan fingerprint density at radius 1 is 1.19 bits per heavy atom. The Bertz CT molecular complexity index is 595. The SMILES string of the molecule is CCCn1ncc(CN2CC[C@](O)(CN3CCOCC3)C(C)(C)C2)c1C. The Labute approximate surface area is 158 Å². The number of β-amino-alcohol motifs (C(OH)–C–C–N with tert-alkyl or cyclic N) is 1.